The van der Waals surface area contributed by atoms with Crippen molar-refractivity contribution in [2.24, 2.45) is 0 Å². The molecule has 8 nitrogen and oxygen atoms in total. The highest BCUT2D eigenvalue weighted by atomic mass is 32.2. The summed E-state index contributed by atoms with van der Waals surface area (Å²) in [5.41, 5.74) is 3.20. The van der Waals surface area contributed by atoms with Crippen LogP contribution in [0.5, 0.6) is 5.75 Å². The summed E-state index contributed by atoms with van der Waals surface area (Å²) in [5.74, 6) is -0.150. The molecule has 1 atom stereocenters. The van der Waals surface area contributed by atoms with E-state index in [1.54, 1.807) is 36.4 Å². The van der Waals surface area contributed by atoms with Crippen LogP contribution in [-0.4, -0.2) is 53.3 Å². The van der Waals surface area contributed by atoms with Crippen LogP contribution in [0.15, 0.2) is 78.9 Å². The van der Waals surface area contributed by atoms with Gasteiger partial charge in [-0.15, -0.1) is 0 Å². The van der Waals surface area contributed by atoms with Gasteiger partial charge in [0.25, 0.3) is 5.91 Å². The Labute approximate surface area is 211 Å². The Kier molecular flexibility index (Phi) is 7.11. The first kappa shape index (κ1) is 24.1. The van der Waals surface area contributed by atoms with Gasteiger partial charge in [0, 0.05) is 25.3 Å². The van der Waals surface area contributed by atoms with Gasteiger partial charge in [-0.05, 0) is 35.4 Å². The molecular weight excluding hydrogens is 478 g/mol. The first-order valence-electron chi connectivity index (χ1n) is 12.0. The first-order chi connectivity index (χ1) is 17.5. The lowest BCUT2D eigenvalue weighted by atomic mass is 10.1. The first-order valence-corrected chi connectivity index (χ1v) is 13.6. The molecule has 1 saturated heterocycles. The third-order valence-corrected chi connectivity index (χ3v) is 8.05. The van der Waals surface area contributed by atoms with Crippen molar-refractivity contribution in [3.8, 4) is 5.75 Å². The molecule has 0 aliphatic carbocycles. The largest absolute Gasteiger partial charge is 0.476 e. The molecule has 0 bridgehead atoms. The van der Waals surface area contributed by atoms with Gasteiger partial charge in [0.15, 0.2) is 6.10 Å². The number of ether oxygens (including phenoxy) is 2. The van der Waals surface area contributed by atoms with Crippen LogP contribution in [0.25, 0.3) is 0 Å². The SMILES string of the molecule is O=C(NCc1ccc(N2CCOCC2)cc1)C1CN(S(=O)(=O)Cc2ccccc2)c2ccccc2O1. The summed E-state index contributed by atoms with van der Waals surface area (Å²) in [7, 11) is -3.74. The highest BCUT2D eigenvalue weighted by Gasteiger charge is 2.36. The van der Waals surface area contributed by atoms with Crippen LogP contribution in [0, 0.1) is 0 Å². The van der Waals surface area contributed by atoms with E-state index in [1.807, 2.05) is 42.5 Å². The number of fused-ring (bicyclic) bond motifs is 1. The van der Waals surface area contributed by atoms with Crippen molar-refractivity contribution >= 4 is 27.3 Å². The minimum atomic E-state index is -3.74. The molecule has 3 aromatic carbocycles. The van der Waals surface area contributed by atoms with Gasteiger partial charge in [-0.1, -0.05) is 54.6 Å². The Morgan fingerprint density at radius 2 is 1.58 bits per heavy atom. The van der Waals surface area contributed by atoms with Gasteiger partial charge in [-0.25, -0.2) is 8.42 Å². The number of sulfonamides is 1. The molecule has 0 spiro atoms. The summed E-state index contributed by atoms with van der Waals surface area (Å²) in [6.07, 6.45) is -0.960. The summed E-state index contributed by atoms with van der Waals surface area (Å²) >= 11 is 0. The number of carbonyl (C=O) groups excluding carboxylic acids is 1. The average molecular weight is 508 g/mol. The molecule has 5 rings (SSSR count). The predicted molar refractivity (Wildman–Crippen MR) is 139 cm³/mol. The lowest BCUT2D eigenvalue weighted by Gasteiger charge is -2.34. The molecule has 0 saturated carbocycles. The number of hydrogen-bond donors (Lipinski definition) is 1. The van der Waals surface area contributed by atoms with Crippen LogP contribution in [-0.2, 0) is 31.9 Å². The standard InChI is InChI=1S/C27H29N3O5S/c31-27(28-18-21-10-12-23(13-11-21)29-14-16-34-17-15-29)26-19-30(24-8-4-5-9-25(24)35-26)36(32,33)20-22-6-2-1-3-7-22/h1-13,26H,14-20H2,(H,28,31). The lowest BCUT2D eigenvalue weighted by molar-refractivity contribution is -0.127. The van der Waals surface area contributed by atoms with E-state index >= 15 is 0 Å². The fourth-order valence-electron chi connectivity index (χ4n) is 4.41. The van der Waals surface area contributed by atoms with E-state index in [0.29, 0.717) is 23.5 Å². The Morgan fingerprint density at radius 1 is 0.889 bits per heavy atom. The van der Waals surface area contributed by atoms with Crippen molar-refractivity contribution < 1.29 is 22.7 Å². The molecule has 1 N–H and O–H groups in total. The zero-order valence-electron chi connectivity index (χ0n) is 19.9. The van der Waals surface area contributed by atoms with Crippen LogP contribution in [0.3, 0.4) is 0 Å². The Morgan fingerprint density at radius 3 is 2.33 bits per heavy atom. The highest BCUT2D eigenvalue weighted by molar-refractivity contribution is 7.92. The van der Waals surface area contributed by atoms with Crippen LogP contribution >= 0.6 is 0 Å². The summed E-state index contributed by atoms with van der Waals surface area (Å²) in [6.45, 7) is 3.40. The summed E-state index contributed by atoms with van der Waals surface area (Å²) in [6, 6.07) is 24.0. The topological polar surface area (TPSA) is 88.2 Å². The third-order valence-electron chi connectivity index (χ3n) is 6.33. The molecule has 1 fully saturated rings. The summed E-state index contributed by atoms with van der Waals surface area (Å²) in [4.78, 5) is 15.3. The van der Waals surface area contributed by atoms with Crippen molar-refractivity contribution in [2.75, 3.05) is 42.1 Å². The van der Waals surface area contributed by atoms with Crippen molar-refractivity contribution in [1.29, 1.82) is 0 Å². The number of anilines is 2. The molecule has 9 heteroatoms. The summed E-state index contributed by atoms with van der Waals surface area (Å²) in [5, 5.41) is 2.90. The maximum Gasteiger partial charge on any atom is 0.263 e. The molecule has 0 aromatic heterocycles. The Hall–Kier alpha value is -3.56. The van der Waals surface area contributed by atoms with Gasteiger partial charge in [0.2, 0.25) is 10.0 Å². The summed E-state index contributed by atoms with van der Waals surface area (Å²) < 4.78 is 39.3. The Balaban J connectivity index is 1.26. The number of rotatable bonds is 7. The quantitative estimate of drug-likeness (QED) is 0.529. The second kappa shape index (κ2) is 10.6. The van der Waals surface area contributed by atoms with E-state index < -0.39 is 16.1 Å². The average Bonchev–Trinajstić information content (AvgIpc) is 2.92. The van der Waals surface area contributed by atoms with E-state index in [1.165, 1.54) is 4.31 Å². The third kappa shape index (κ3) is 5.47. The number of morpholine rings is 1. The van der Waals surface area contributed by atoms with E-state index in [4.69, 9.17) is 9.47 Å². The minimum Gasteiger partial charge on any atom is -0.476 e. The van der Waals surface area contributed by atoms with E-state index in [9.17, 15) is 13.2 Å². The second-order valence-electron chi connectivity index (χ2n) is 8.83. The van der Waals surface area contributed by atoms with Gasteiger partial charge in [-0.2, -0.15) is 0 Å². The van der Waals surface area contributed by atoms with Crippen LogP contribution in [0.2, 0.25) is 0 Å². The van der Waals surface area contributed by atoms with Crippen molar-refractivity contribution in [1.82, 2.24) is 5.32 Å². The Bertz CT molecular complexity index is 1290. The second-order valence-corrected chi connectivity index (χ2v) is 10.7. The molecule has 1 amide bonds. The van der Waals surface area contributed by atoms with Gasteiger partial charge in [-0.3, -0.25) is 9.10 Å². The smallest absolute Gasteiger partial charge is 0.263 e. The lowest BCUT2D eigenvalue weighted by Crippen LogP contribution is -2.50. The normalized spacial score (nSPS) is 17.7. The van der Waals surface area contributed by atoms with Crippen LogP contribution in [0.4, 0.5) is 11.4 Å². The maximum absolute atomic E-state index is 13.4. The minimum absolute atomic E-state index is 0.0893. The number of carbonyl (C=O) groups is 1. The van der Waals surface area contributed by atoms with E-state index in [0.717, 1.165) is 37.6 Å². The number of amides is 1. The molecule has 2 heterocycles. The zero-order chi connectivity index (χ0) is 25.0. The van der Waals surface area contributed by atoms with Gasteiger partial charge < -0.3 is 19.7 Å². The monoisotopic (exact) mass is 507 g/mol. The molecule has 2 aliphatic rings. The van der Waals surface area contributed by atoms with Crippen molar-refractivity contribution in [3.05, 3.63) is 90.0 Å². The van der Waals surface area contributed by atoms with Crippen LogP contribution in [0.1, 0.15) is 11.1 Å². The van der Waals surface area contributed by atoms with Gasteiger partial charge in [0.05, 0.1) is 31.2 Å². The fraction of sp³-hybridized carbons (Fsp3) is 0.296. The van der Waals surface area contributed by atoms with Crippen molar-refractivity contribution in [2.45, 2.75) is 18.4 Å². The predicted octanol–water partition coefficient (Wildman–Crippen LogP) is 2.94. The molecular formula is C27H29N3O5S. The van der Waals surface area contributed by atoms with Gasteiger partial charge in [0.1, 0.15) is 5.75 Å². The van der Waals surface area contributed by atoms with Crippen molar-refractivity contribution in [3.63, 3.8) is 0 Å². The maximum atomic E-state index is 13.4. The molecule has 0 radical (unpaired) electrons. The van der Waals surface area contributed by atoms with Crippen LogP contribution < -0.4 is 19.3 Å². The number of hydrogen-bond acceptors (Lipinski definition) is 6. The van der Waals surface area contributed by atoms with E-state index in [2.05, 4.69) is 10.2 Å². The van der Waals surface area contributed by atoms with E-state index in [-0.39, 0.29) is 18.2 Å². The zero-order valence-corrected chi connectivity index (χ0v) is 20.7. The molecule has 2 aliphatic heterocycles. The number of nitrogens with zero attached hydrogens (tertiary/aromatic N) is 2. The molecule has 36 heavy (non-hydrogen) atoms. The number of benzene rings is 3. The molecule has 188 valence electrons. The molecule has 3 aromatic rings. The number of nitrogens with one attached hydrogen (secondary N) is 1. The van der Waals surface area contributed by atoms with Gasteiger partial charge >= 0.3 is 0 Å². The number of para-hydroxylation sites is 2. The molecule has 1 unspecified atom stereocenters. The highest BCUT2D eigenvalue weighted by Crippen LogP contribution is 2.35. The fourth-order valence-corrected chi connectivity index (χ4v) is 6.00.